The molecule has 3 heteroatoms. The molecule has 0 fully saturated rings. The van der Waals surface area contributed by atoms with E-state index in [0.29, 0.717) is 6.54 Å². The number of benzene rings is 1. The zero-order valence-corrected chi connectivity index (χ0v) is 10.1. The molecule has 0 aliphatic carbocycles. The topological polar surface area (TPSA) is 24.1 Å². The molecule has 1 rings (SSSR count). The molecule has 0 aliphatic rings. The lowest BCUT2D eigenvalue weighted by Crippen LogP contribution is -2.06. The molecule has 0 unspecified atom stereocenters. The molecule has 0 saturated carbocycles. The van der Waals surface area contributed by atoms with Crippen LogP contribution in [0, 0.1) is 5.82 Å². The molecular formula is C13H19FN2. The molecule has 0 aromatic heterocycles. The van der Waals surface area contributed by atoms with Crippen molar-refractivity contribution in [3.63, 3.8) is 0 Å². The predicted octanol–water partition coefficient (Wildman–Crippen LogP) is 2.52. The Morgan fingerprint density at radius 3 is 2.62 bits per heavy atom. The Balaban J connectivity index is 3.07. The van der Waals surface area contributed by atoms with Crippen LogP contribution in [0.1, 0.15) is 24.5 Å². The fourth-order valence-corrected chi connectivity index (χ4v) is 1.71. The summed E-state index contributed by atoms with van der Waals surface area (Å²) in [4.78, 5) is 0. The molecule has 88 valence electrons. The summed E-state index contributed by atoms with van der Waals surface area (Å²) in [5.41, 5.74) is 3.02. The minimum Gasteiger partial charge on any atom is -0.394 e. The van der Waals surface area contributed by atoms with Gasteiger partial charge in [-0.1, -0.05) is 6.92 Å². The van der Waals surface area contributed by atoms with Crippen LogP contribution >= 0.6 is 0 Å². The van der Waals surface area contributed by atoms with E-state index >= 15 is 0 Å². The van der Waals surface area contributed by atoms with Crippen molar-refractivity contribution in [1.29, 1.82) is 0 Å². The van der Waals surface area contributed by atoms with E-state index in [1.807, 2.05) is 26.4 Å². The summed E-state index contributed by atoms with van der Waals surface area (Å²) in [6, 6.07) is 5.16. The van der Waals surface area contributed by atoms with Crippen molar-refractivity contribution < 1.29 is 4.39 Å². The lowest BCUT2D eigenvalue weighted by molar-refractivity contribution is 0.623. The lowest BCUT2D eigenvalue weighted by Gasteiger charge is -2.08. The molecule has 0 spiro atoms. The van der Waals surface area contributed by atoms with Crippen molar-refractivity contribution in [1.82, 2.24) is 10.6 Å². The zero-order valence-electron chi connectivity index (χ0n) is 10.1. The van der Waals surface area contributed by atoms with Gasteiger partial charge in [-0.2, -0.15) is 0 Å². The van der Waals surface area contributed by atoms with E-state index in [-0.39, 0.29) is 5.82 Å². The Morgan fingerprint density at radius 2 is 2.06 bits per heavy atom. The number of nitrogens with one attached hydrogen (secondary N) is 2. The van der Waals surface area contributed by atoms with Crippen molar-refractivity contribution in [3.05, 3.63) is 41.3 Å². The van der Waals surface area contributed by atoms with Gasteiger partial charge in [0.15, 0.2) is 0 Å². The molecule has 0 radical (unpaired) electrons. The first-order chi connectivity index (χ1) is 7.71. The van der Waals surface area contributed by atoms with E-state index in [1.165, 1.54) is 0 Å². The van der Waals surface area contributed by atoms with Crippen molar-refractivity contribution >= 4 is 5.57 Å². The van der Waals surface area contributed by atoms with Gasteiger partial charge in [-0.15, -0.1) is 0 Å². The number of allylic oxidation sites excluding steroid dienone is 1. The van der Waals surface area contributed by atoms with Gasteiger partial charge >= 0.3 is 0 Å². The second-order valence-corrected chi connectivity index (χ2v) is 3.69. The zero-order chi connectivity index (χ0) is 12.0. The van der Waals surface area contributed by atoms with E-state index in [0.717, 1.165) is 23.1 Å². The third-order valence-corrected chi connectivity index (χ3v) is 2.41. The smallest absolute Gasteiger partial charge is 0.124 e. The van der Waals surface area contributed by atoms with Gasteiger partial charge in [-0.05, 0) is 54.6 Å². The highest BCUT2D eigenvalue weighted by atomic mass is 19.1. The Kier molecular flexibility index (Phi) is 4.99. The molecule has 1 aromatic rings. The van der Waals surface area contributed by atoms with Gasteiger partial charge in [0, 0.05) is 13.6 Å². The highest BCUT2D eigenvalue weighted by molar-refractivity contribution is 5.65. The molecule has 0 saturated heterocycles. The summed E-state index contributed by atoms with van der Waals surface area (Å²) in [5, 5.41) is 6.01. The largest absolute Gasteiger partial charge is 0.394 e. The van der Waals surface area contributed by atoms with Crippen molar-refractivity contribution in [2.75, 3.05) is 14.1 Å². The van der Waals surface area contributed by atoms with Crippen molar-refractivity contribution in [2.45, 2.75) is 19.9 Å². The maximum absolute atomic E-state index is 13.4. The summed E-state index contributed by atoms with van der Waals surface area (Å²) in [6.45, 7) is 2.74. The number of halogens is 1. The highest BCUT2D eigenvalue weighted by Gasteiger charge is 2.04. The maximum atomic E-state index is 13.4. The number of hydrogen-bond donors (Lipinski definition) is 2. The van der Waals surface area contributed by atoms with Crippen LogP contribution in [0.5, 0.6) is 0 Å². The van der Waals surface area contributed by atoms with Crippen LogP contribution in [0.2, 0.25) is 0 Å². The molecule has 2 N–H and O–H groups in total. The van der Waals surface area contributed by atoms with Crippen LogP contribution in [-0.4, -0.2) is 14.1 Å². The molecule has 0 atom stereocenters. The Hall–Kier alpha value is -1.35. The molecule has 16 heavy (non-hydrogen) atoms. The van der Waals surface area contributed by atoms with Crippen LogP contribution in [0.4, 0.5) is 4.39 Å². The second kappa shape index (κ2) is 6.28. The quantitative estimate of drug-likeness (QED) is 0.800. The van der Waals surface area contributed by atoms with Gasteiger partial charge in [-0.25, -0.2) is 4.39 Å². The average Bonchev–Trinajstić information content (AvgIpc) is 2.25. The van der Waals surface area contributed by atoms with E-state index in [2.05, 4.69) is 17.6 Å². The molecule has 0 amide bonds. The fraction of sp³-hybridized carbons (Fsp3) is 0.385. The maximum Gasteiger partial charge on any atom is 0.124 e. The normalized spacial score (nSPS) is 11.6. The number of hydrogen-bond acceptors (Lipinski definition) is 2. The first-order valence-electron chi connectivity index (χ1n) is 5.52. The SMILES string of the molecule is CC/C(=C\NC)c1cc(F)cc(CNC)c1. The van der Waals surface area contributed by atoms with Gasteiger partial charge in [0.05, 0.1) is 0 Å². The van der Waals surface area contributed by atoms with E-state index in [4.69, 9.17) is 0 Å². The first-order valence-corrected chi connectivity index (χ1v) is 5.52. The predicted molar refractivity (Wildman–Crippen MR) is 66.5 cm³/mol. The monoisotopic (exact) mass is 222 g/mol. The third kappa shape index (κ3) is 3.35. The summed E-state index contributed by atoms with van der Waals surface area (Å²) >= 11 is 0. The Labute approximate surface area is 96.6 Å². The van der Waals surface area contributed by atoms with E-state index in [9.17, 15) is 4.39 Å². The van der Waals surface area contributed by atoms with E-state index < -0.39 is 0 Å². The number of rotatable bonds is 5. The molecule has 0 aliphatic heterocycles. The van der Waals surface area contributed by atoms with Crippen LogP contribution in [0.25, 0.3) is 5.57 Å². The van der Waals surface area contributed by atoms with Crippen molar-refractivity contribution in [3.8, 4) is 0 Å². The molecule has 0 bridgehead atoms. The van der Waals surface area contributed by atoms with Crippen LogP contribution in [0.3, 0.4) is 0 Å². The van der Waals surface area contributed by atoms with Crippen LogP contribution in [0.15, 0.2) is 24.4 Å². The lowest BCUT2D eigenvalue weighted by atomic mass is 10.0. The molecule has 0 heterocycles. The summed E-state index contributed by atoms with van der Waals surface area (Å²) in [7, 11) is 3.71. The van der Waals surface area contributed by atoms with Gasteiger partial charge < -0.3 is 10.6 Å². The van der Waals surface area contributed by atoms with Gasteiger partial charge in [0.2, 0.25) is 0 Å². The molecular weight excluding hydrogens is 203 g/mol. The average molecular weight is 222 g/mol. The summed E-state index contributed by atoms with van der Waals surface area (Å²) < 4.78 is 13.4. The van der Waals surface area contributed by atoms with Crippen molar-refractivity contribution in [2.24, 2.45) is 0 Å². The molecule has 2 nitrogen and oxygen atoms in total. The first kappa shape index (κ1) is 12.7. The third-order valence-electron chi connectivity index (χ3n) is 2.41. The highest BCUT2D eigenvalue weighted by Crippen LogP contribution is 2.20. The Bertz CT molecular complexity index is 372. The summed E-state index contributed by atoms with van der Waals surface area (Å²) in [6.07, 6.45) is 2.79. The van der Waals surface area contributed by atoms with Crippen LogP contribution in [-0.2, 0) is 6.54 Å². The second-order valence-electron chi connectivity index (χ2n) is 3.69. The van der Waals surface area contributed by atoms with Gasteiger partial charge in [0.1, 0.15) is 5.82 Å². The van der Waals surface area contributed by atoms with Gasteiger partial charge in [-0.3, -0.25) is 0 Å². The molecule has 1 aromatic carbocycles. The minimum atomic E-state index is -0.182. The van der Waals surface area contributed by atoms with E-state index in [1.54, 1.807) is 12.1 Å². The van der Waals surface area contributed by atoms with Crippen LogP contribution < -0.4 is 10.6 Å². The standard InChI is InChI=1S/C13H19FN2/c1-4-11(9-16-3)12-5-10(8-15-2)6-13(14)7-12/h5-7,9,15-16H,4,8H2,1-3H3/b11-9+. The summed E-state index contributed by atoms with van der Waals surface area (Å²) in [5.74, 6) is -0.182. The minimum absolute atomic E-state index is 0.182. The fourth-order valence-electron chi connectivity index (χ4n) is 1.71. The Morgan fingerprint density at radius 1 is 1.31 bits per heavy atom. The van der Waals surface area contributed by atoms with Gasteiger partial charge in [0.25, 0.3) is 0 Å².